The minimum atomic E-state index is 0.0937. The van der Waals surface area contributed by atoms with Crippen LogP contribution in [0.15, 0.2) is 34.8 Å². The van der Waals surface area contributed by atoms with Gasteiger partial charge in [0, 0.05) is 30.9 Å². The van der Waals surface area contributed by atoms with Crippen LogP contribution in [0.25, 0.3) is 0 Å². The van der Waals surface area contributed by atoms with E-state index in [2.05, 4.69) is 10.8 Å². The summed E-state index contributed by atoms with van der Waals surface area (Å²) in [6.07, 6.45) is 7.68. The normalized spacial score (nSPS) is 21.5. The molecule has 0 saturated heterocycles. The molecule has 5 nitrogen and oxygen atoms in total. The Hall–Kier alpha value is -2.04. The summed E-state index contributed by atoms with van der Waals surface area (Å²) < 4.78 is 0. The Morgan fingerprint density at radius 1 is 1.48 bits per heavy atom. The van der Waals surface area contributed by atoms with E-state index in [4.69, 9.17) is 4.84 Å². The molecule has 0 aromatic rings. The summed E-state index contributed by atoms with van der Waals surface area (Å²) in [5.41, 5.74) is 5.70. The van der Waals surface area contributed by atoms with Crippen LogP contribution in [0.4, 0.5) is 0 Å². The fourth-order valence-electron chi connectivity index (χ4n) is 2.70. The second-order valence-corrected chi connectivity index (χ2v) is 5.77. The van der Waals surface area contributed by atoms with Crippen molar-refractivity contribution >= 4 is 11.7 Å². The monoisotopic (exact) mass is 288 g/mol. The zero-order chi connectivity index (χ0) is 14.8. The molecule has 1 saturated carbocycles. The molecule has 1 fully saturated rings. The Balaban J connectivity index is 1.60. The van der Waals surface area contributed by atoms with E-state index in [1.165, 1.54) is 0 Å². The molecule has 0 atom stereocenters. The van der Waals surface area contributed by atoms with E-state index in [-0.39, 0.29) is 17.6 Å². The second kappa shape index (κ2) is 5.76. The Morgan fingerprint density at radius 3 is 3.00 bits per heavy atom. The van der Waals surface area contributed by atoms with Crippen LogP contribution in [0.1, 0.15) is 39.0 Å². The highest BCUT2D eigenvalue weighted by molar-refractivity contribution is 5.94. The number of hydrogen-bond donors (Lipinski definition) is 2. The topological polar surface area (TPSA) is 67.4 Å². The van der Waals surface area contributed by atoms with Gasteiger partial charge in [-0.05, 0) is 37.5 Å². The Morgan fingerprint density at radius 2 is 2.29 bits per heavy atom. The van der Waals surface area contributed by atoms with Gasteiger partial charge in [0.2, 0.25) is 5.91 Å². The van der Waals surface area contributed by atoms with Crippen LogP contribution in [0.2, 0.25) is 0 Å². The molecule has 2 N–H and O–H groups in total. The summed E-state index contributed by atoms with van der Waals surface area (Å²) in [7, 11) is 0. The zero-order valence-electron chi connectivity index (χ0n) is 12.2. The first-order valence-corrected chi connectivity index (χ1v) is 7.51. The molecule has 0 aromatic heterocycles. The molecule has 0 unspecified atom stereocenters. The molecular formula is C16H20N2O3. The van der Waals surface area contributed by atoms with E-state index < -0.39 is 0 Å². The molecule has 2 aliphatic carbocycles. The Kier molecular flexibility index (Phi) is 3.82. The van der Waals surface area contributed by atoms with Crippen LogP contribution in [0, 0.1) is 5.92 Å². The third-order valence-corrected chi connectivity index (χ3v) is 4.35. The number of carbonyl (C=O) groups is 2. The molecule has 0 aromatic carbocycles. The van der Waals surface area contributed by atoms with Gasteiger partial charge in [0.25, 0.3) is 0 Å². The van der Waals surface area contributed by atoms with E-state index in [9.17, 15) is 9.59 Å². The van der Waals surface area contributed by atoms with E-state index in [1.807, 2.05) is 6.92 Å². The van der Waals surface area contributed by atoms with Gasteiger partial charge < -0.3 is 10.2 Å². The lowest BCUT2D eigenvalue weighted by atomic mass is 9.85. The number of carbonyl (C=O) groups excluding carboxylic acids is 2. The minimum absolute atomic E-state index is 0.0937. The maximum absolute atomic E-state index is 11.8. The number of allylic oxidation sites excluding steroid dienone is 3. The van der Waals surface area contributed by atoms with Gasteiger partial charge in [-0.25, -0.2) is 5.48 Å². The zero-order valence-corrected chi connectivity index (χ0v) is 12.2. The van der Waals surface area contributed by atoms with E-state index in [0.717, 1.165) is 36.1 Å². The Bertz CT molecular complexity index is 568. The number of nitrogens with one attached hydrogen (secondary N) is 2. The fourth-order valence-corrected chi connectivity index (χ4v) is 2.70. The fraction of sp³-hybridized carbons (Fsp3) is 0.500. The summed E-state index contributed by atoms with van der Waals surface area (Å²) in [5, 5.41) is 2.96. The summed E-state index contributed by atoms with van der Waals surface area (Å²) in [6.45, 7) is 2.55. The molecule has 3 rings (SSSR count). The molecule has 5 heteroatoms. The van der Waals surface area contributed by atoms with Crippen LogP contribution in [-0.4, -0.2) is 18.2 Å². The highest BCUT2D eigenvalue weighted by Crippen LogP contribution is 2.30. The number of fused-ring (bicyclic) bond motifs is 1. The van der Waals surface area contributed by atoms with Crippen LogP contribution >= 0.6 is 0 Å². The van der Waals surface area contributed by atoms with Crippen molar-refractivity contribution in [1.82, 2.24) is 10.8 Å². The van der Waals surface area contributed by atoms with Crippen LogP contribution in [0.5, 0.6) is 0 Å². The largest absolute Gasteiger partial charge is 0.382 e. The summed E-state index contributed by atoms with van der Waals surface area (Å²) in [4.78, 5) is 28.8. The lowest BCUT2D eigenvalue weighted by Crippen LogP contribution is -2.36. The maximum Gasteiger partial charge on any atom is 0.223 e. The number of rotatable bonds is 4. The van der Waals surface area contributed by atoms with Gasteiger partial charge in [0.15, 0.2) is 11.5 Å². The number of hydroxylamine groups is 1. The van der Waals surface area contributed by atoms with Gasteiger partial charge in [0.1, 0.15) is 0 Å². The molecule has 0 radical (unpaired) electrons. The molecule has 0 bridgehead atoms. The highest BCUT2D eigenvalue weighted by Gasteiger charge is 2.26. The first-order chi connectivity index (χ1) is 10.1. The van der Waals surface area contributed by atoms with Gasteiger partial charge in [-0.3, -0.25) is 9.59 Å². The van der Waals surface area contributed by atoms with E-state index >= 15 is 0 Å². The predicted octanol–water partition coefficient (Wildman–Crippen LogP) is 1.88. The molecule has 3 aliphatic rings. The van der Waals surface area contributed by atoms with Crippen LogP contribution in [0.3, 0.4) is 0 Å². The van der Waals surface area contributed by atoms with Gasteiger partial charge >= 0.3 is 0 Å². The van der Waals surface area contributed by atoms with E-state index in [1.54, 1.807) is 12.2 Å². The standard InChI is InChI=1S/C16H20N2O3/c1-10-13-9-12(19)5-6-15(13)21-18-14(10)7-8-17-16(20)11-3-2-4-11/h6,9,11,18H,2-5,7-8H2,1H3,(H,17,20). The van der Waals surface area contributed by atoms with Crippen molar-refractivity contribution in [2.45, 2.75) is 39.0 Å². The summed E-state index contributed by atoms with van der Waals surface area (Å²) >= 11 is 0. The first-order valence-electron chi connectivity index (χ1n) is 7.51. The highest BCUT2D eigenvalue weighted by atomic mass is 16.6. The minimum Gasteiger partial charge on any atom is -0.382 e. The van der Waals surface area contributed by atoms with Crippen molar-refractivity contribution in [3.05, 3.63) is 34.8 Å². The lowest BCUT2D eigenvalue weighted by molar-refractivity contribution is -0.127. The van der Waals surface area contributed by atoms with Crippen molar-refractivity contribution < 1.29 is 14.4 Å². The molecule has 1 amide bonds. The quantitative estimate of drug-likeness (QED) is 0.829. The molecule has 21 heavy (non-hydrogen) atoms. The van der Waals surface area contributed by atoms with Gasteiger partial charge in [-0.15, -0.1) is 0 Å². The van der Waals surface area contributed by atoms with Crippen LogP contribution < -0.4 is 10.8 Å². The van der Waals surface area contributed by atoms with Crippen molar-refractivity contribution in [2.75, 3.05) is 6.54 Å². The predicted molar refractivity (Wildman–Crippen MR) is 77.7 cm³/mol. The molecule has 0 spiro atoms. The molecule has 1 heterocycles. The summed E-state index contributed by atoms with van der Waals surface area (Å²) in [6, 6.07) is 0. The average molecular weight is 288 g/mol. The van der Waals surface area contributed by atoms with Gasteiger partial charge in [0.05, 0.1) is 5.70 Å². The first kappa shape index (κ1) is 13.9. The number of hydrogen-bond acceptors (Lipinski definition) is 4. The van der Waals surface area contributed by atoms with Crippen molar-refractivity contribution in [3.63, 3.8) is 0 Å². The SMILES string of the molecule is CC1=C(CCNC(=O)C2CCC2)NOC2=CCC(=O)C=C21. The van der Waals surface area contributed by atoms with Crippen LogP contribution in [-0.2, 0) is 14.4 Å². The molecule has 1 aliphatic heterocycles. The smallest absolute Gasteiger partial charge is 0.223 e. The lowest BCUT2D eigenvalue weighted by Gasteiger charge is -2.27. The van der Waals surface area contributed by atoms with E-state index in [0.29, 0.717) is 25.1 Å². The van der Waals surface area contributed by atoms with Crippen molar-refractivity contribution in [1.29, 1.82) is 0 Å². The number of ketones is 1. The Labute approximate surface area is 124 Å². The summed E-state index contributed by atoms with van der Waals surface area (Å²) in [5.74, 6) is 1.18. The van der Waals surface area contributed by atoms with Crippen molar-refractivity contribution in [2.24, 2.45) is 5.92 Å². The maximum atomic E-state index is 11.8. The third-order valence-electron chi connectivity index (χ3n) is 4.35. The third kappa shape index (κ3) is 2.86. The second-order valence-electron chi connectivity index (χ2n) is 5.77. The van der Waals surface area contributed by atoms with Crippen molar-refractivity contribution in [3.8, 4) is 0 Å². The average Bonchev–Trinajstić information content (AvgIpc) is 2.40. The van der Waals surface area contributed by atoms with Gasteiger partial charge in [-0.1, -0.05) is 6.42 Å². The number of amides is 1. The van der Waals surface area contributed by atoms with Gasteiger partial charge in [-0.2, -0.15) is 0 Å². The molecular weight excluding hydrogens is 268 g/mol. The molecule has 112 valence electrons.